The van der Waals surface area contributed by atoms with Crippen molar-refractivity contribution in [1.29, 1.82) is 0 Å². The highest BCUT2D eigenvalue weighted by atomic mass is 15.2. The standard InChI is InChI=1S/C19H28N6/c1-20-18-16(7-4-8-22-18)14-25-11-5-6-15(13-25)12-17-19(24(2)3)23-10-9-21-17/h4,7-10,15H,5-6,11-14H2,1-3H3,(H,20,22)/t15-/m0/s1. The average Bonchev–Trinajstić information content (AvgIpc) is 2.63. The molecule has 0 saturated carbocycles. The molecule has 3 heterocycles. The van der Waals surface area contributed by atoms with Crippen molar-refractivity contribution in [3.8, 4) is 0 Å². The highest BCUT2D eigenvalue weighted by molar-refractivity contribution is 5.43. The van der Waals surface area contributed by atoms with Gasteiger partial charge in [0.05, 0.1) is 5.69 Å². The number of anilines is 2. The molecule has 2 aromatic heterocycles. The SMILES string of the molecule is CNc1ncccc1CN1CCC[C@@H](Cc2nccnc2N(C)C)C1. The topological polar surface area (TPSA) is 57.2 Å². The number of pyridine rings is 1. The monoisotopic (exact) mass is 340 g/mol. The van der Waals surface area contributed by atoms with Gasteiger partial charge in [0, 0.05) is 58.4 Å². The lowest BCUT2D eigenvalue weighted by molar-refractivity contribution is 0.166. The van der Waals surface area contributed by atoms with Gasteiger partial charge in [-0.05, 0) is 37.8 Å². The van der Waals surface area contributed by atoms with Gasteiger partial charge in [-0.3, -0.25) is 9.88 Å². The second kappa shape index (κ2) is 8.25. The van der Waals surface area contributed by atoms with Crippen LogP contribution in [0, 0.1) is 5.92 Å². The molecule has 0 bridgehead atoms. The highest BCUT2D eigenvalue weighted by Crippen LogP contribution is 2.25. The Morgan fingerprint density at radius 2 is 2.04 bits per heavy atom. The van der Waals surface area contributed by atoms with E-state index in [-0.39, 0.29) is 0 Å². The van der Waals surface area contributed by atoms with Crippen molar-refractivity contribution in [2.75, 3.05) is 44.4 Å². The number of hydrogen-bond donors (Lipinski definition) is 1. The minimum Gasteiger partial charge on any atom is -0.373 e. The van der Waals surface area contributed by atoms with Gasteiger partial charge in [-0.25, -0.2) is 9.97 Å². The van der Waals surface area contributed by atoms with Crippen molar-refractivity contribution in [1.82, 2.24) is 19.9 Å². The zero-order valence-electron chi connectivity index (χ0n) is 15.4. The molecule has 6 nitrogen and oxygen atoms in total. The van der Waals surface area contributed by atoms with Gasteiger partial charge in [-0.1, -0.05) is 6.07 Å². The predicted molar refractivity (Wildman–Crippen MR) is 102 cm³/mol. The van der Waals surface area contributed by atoms with Crippen molar-refractivity contribution in [2.45, 2.75) is 25.8 Å². The lowest BCUT2D eigenvalue weighted by Gasteiger charge is -2.33. The maximum Gasteiger partial charge on any atom is 0.149 e. The molecule has 1 atom stereocenters. The van der Waals surface area contributed by atoms with E-state index in [9.17, 15) is 0 Å². The van der Waals surface area contributed by atoms with Crippen LogP contribution >= 0.6 is 0 Å². The maximum absolute atomic E-state index is 4.59. The third-order valence-corrected chi connectivity index (χ3v) is 4.78. The summed E-state index contributed by atoms with van der Waals surface area (Å²) >= 11 is 0. The van der Waals surface area contributed by atoms with Gasteiger partial charge in [-0.15, -0.1) is 0 Å². The van der Waals surface area contributed by atoms with Gasteiger partial charge < -0.3 is 10.2 Å². The number of rotatable bonds is 6. The van der Waals surface area contributed by atoms with Crippen molar-refractivity contribution < 1.29 is 0 Å². The van der Waals surface area contributed by atoms with E-state index in [1.165, 1.54) is 18.4 Å². The predicted octanol–water partition coefficient (Wildman–Crippen LogP) is 2.43. The molecule has 0 unspecified atom stereocenters. The van der Waals surface area contributed by atoms with Crippen LogP contribution in [-0.4, -0.2) is 54.1 Å². The van der Waals surface area contributed by atoms with E-state index in [0.717, 1.165) is 43.4 Å². The minimum atomic E-state index is 0.624. The molecule has 3 rings (SSSR count). The van der Waals surface area contributed by atoms with Gasteiger partial charge >= 0.3 is 0 Å². The molecule has 134 valence electrons. The fraction of sp³-hybridized carbons (Fsp3) is 0.526. The molecule has 0 amide bonds. The lowest BCUT2D eigenvalue weighted by Crippen LogP contribution is -2.36. The molecule has 1 N–H and O–H groups in total. The van der Waals surface area contributed by atoms with E-state index < -0.39 is 0 Å². The smallest absolute Gasteiger partial charge is 0.149 e. The molecule has 0 spiro atoms. The van der Waals surface area contributed by atoms with Gasteiger partial charge in [0.1, 0.15) is 11.6 Å². The quantitative estimate of drug-likeness (QED) is 0.872. The van der Waals surface area contributed by atoms with E-state index in [0.29, 0.717) is 5.92 Å². The first-order valence-corrected chi connectivity index (χ1v) is 8.98. The summed E-state index contributed by atoms with van der Waals surface area (Å²) in [4.78, 5) is 18.1. The van der Waals surface area contributed by atoms with E-state index >= 15 is 0 Å². The maximum atomic E-state index is 4.59. The van der Waals surface area contributed by atoms with E-state index in [2.05, 4.69) is 36.1 Å². The Hall–Kier alpha value is -2.21. The van der Waals surface area contributed by atoms with Gasteiger partial charge in [-0.2, -0.15) is 0 Å². The zero-order valence-corrected chi connectivity index (χ0v) is 15.4. The average molecular weight is 340 g/mol. The number of piperidine rings is 1. The van der Waals surface area contributed by atoms with Crippen LogP contribution < -0.4 is 10.2 Å². The van der Waals surface area contributed by atoms with Crippen molar-refractivity contribution >= 4 is 11.6 Å². The van der Waals surface area contributed by atoms with Crippen LogP contribution in [0.2, 0.25) is 0 Å². The van der Waals surface area contributed by atoms with E-state index in [4.69, 9.17) is 0 Å². The summed E-state index contributed by atoms with van der Waals surface area (Å²) in [6.45, 7) is 3.19. The molecule has 1 fully saturated rings. The Labute approximate surface area is 150 Å². The summed E-state index contributed by atoms with van der Waals surface area (Å²) in [6.07, 6.45) is 8.89. The minimum absolute atomic E-state index is 0.624. The Kier molecular flexibility index (Phi) is 5.81. The number of hydrogen-bond acceptors (Lipinski definition) is 6. The van der Waals surface area contributed by atoms with Gasteiger partial charge in [0.25, 0.3) is 0 Å². The third kappa shape index (κ3) is 4.45. The number of nitrogens with zero attached hydrogens (tertiary/aromatic N) is 5. The lowest BCUT2D eigenvalue weighted by atomic mass is 9.93. The molecule has 0 aromatic carbocycles. The van der Waals surface area contributed by atoms with Gasteiger partial charge in [0.15, 0.2) is 0 Å². The van der Waals surface area contributed by atoms with Crippen molar-refractivity contribution in [3.05, 3.63) is 42.0 Å². The number of aromatic nitrogens is 3. The molecule has 2 aromatic rings. The van der Waals surface area contributed by atoms with Crippen molar-refractivity contribution in [3.63, 3.8) is 0 Å². The molecule has 0 aliphatic carbocycles. The normalized spacial score (nSPS) is 18.1. The first-order chi connectivity index (χ1) is 12.2. The van der Waals surface area contributed by atoms with E-state index in [1.807, 2.05) is 33.4 Å². The Balaban J connectivity index is 1.66. The highest BCUT2D eigenvalue weighted by Gasteiger charge is 2.23. The molecule has 1 aliphatic heterocycles. The molecule has 1 aliphatic rings. The summed E-state index contributed by atoms with van der Waals surface area (Å²) in [5.41, 5.74) is 2.37. The molecular formula is C19H28N6. The Bertz CT molecular complexity index is 687. The van der Waals surface area contributed by atoms with Crippen LogP contribution in [-0.2, 0) is 13.0 Å². The fourth-order valence-electron chi connectivity index (χ4n) is 3.64. The van der Waals surface area contributed by atoms with Crippen LogP contribution in [0.5, 0.6) is 0 Å². The first-order valence-electron chi connectivity index (χ1n) is 8.98. The first kappa shape index (κ1) is 17.6. The Morgan fingerprint density at radius 1 is 1.20 bits per heavy atom. The van der Waals surface area contributed by atoms with E-state index in [1.54, 1.807) is 12.4 Å². The van der Waals surface area contributed by atoms with Crippen LogP contribution in [0.1, 0.15) is 24.1 Å². The summed E-state index contributed by atoms with van der Waals surface area (Å²) in [6, 6.07) is 4.18. The van der Waals surface area contributed by atoms with Crippen LogP contribution in [0.25, 0.3) is 0 Å². The fourth-order valence-corrected chi connectivity index (χ4v) is 3.64. The molecular weight excluding hydrogens is 312 g/mol. The second-order valence-electron chi connectivity index (χ2n) is 6.93. The van der Waals surface area contributed by atoms with Crippen molar-refractivity contribution in [2.24, 2.45) is 5.92 Å². The largest absolute Gasteiger partial charge is 0.373 e. The van der Waals surface area contributed by atoms with Crippen LogP contribution in [0.4, 0.5) is 11.6 Å². The Morgan fingerprint density at radius 3 is 2.84 bits per heavy atom. The summed E-state index contributed by atoms with van der Waals surface area (Å²) in [5, 5.41) is 3.19. The summed E-state index contributed by atoms with van der Waals surface area (Å²) < 4.78 is 0. The number of nitrogens with one attached hydrogen (secondary N) is 1. The second-order valence-corrected chi connectivity index (χ2v) is 6.93. The summed E-state index contributed by atoms with van der Waals surface area (Å²) in [5.74, 6) is 2.59. The molecule has 1 saturated heterocycles. The van der Waals surface area contributed by atoms with Gasteiger partial charge in [0.2, 0.25) is 0 Å². The van der Waals surface area contributed by atoms with Crippen LogP contribution in [0.15, 0.2) is 30.7 Å². The summed E-state index contributed by atoms with van der Waals surface area (Å²) in [7, 11) is 5.99. The zero-order chi connectivity index (χ0) is 17.6. The third-order valence-electron chi connectivity index (χ3n) is 4.78. The molecule has 6 heteroatoms. The molecule has 0 radical (unpaired) electrons. The van der Waals surface area contributed by atoms with Crippen LogP contribution in [0.3, 0.4) is 0 Å². The molecule has 25 heavy (non-hydrogen) atoms. The number of likely N-dealkylation sites (tertiary alicyclic amines) is 1.